The summed E-state index contributed by atoms with van der Waals surface area (Å²) in [5.41, 5.74) is 4.76. The number of carbonyl (C=O) groups excluding carboxylic acids is 2. The number of piperidine rings is 2. The highest BCUT2D eigenvalue weighted by Crippen LogP contribution is 2.59. The van der Waals surface area contributed by atoms with E-state index in [0.29, 0.717) is 18.1 Å². The summed E-state index contributed by atoms with van der Waals surface area (Å²) in [5, 5.41) is 9.54. The minimum Gasteiger partial charge on any atom is -0.432 e. The number of carbonyl (C=O) groups is 2. The fourth-order valence-electron chi connectivity index (χ4n) is 7.22. The predicted molar refractivity (Wildman–Crippen MR) is 110 cm³/mol. The van der Waals surface area contributed by atoms with E-state index in [2.05, 4.69) is 4.90 Å². The highest BCUT2D eigenvalue weighted by molar-refractivity contribution is 5.85. The molecule has 3 aliphatic heterocycles. The number of fused-ring (bicyclic) bond motifs is 3. The van der Waals surface area contributed by atoms with Crippen LogP contribution in [0.4, 0.5) is 13.2 Å². The fraction of sp³-hybridized carbons (Fsp3) is 0.870. The van der Waals surface area contributed by atoms with Crippen molar-refractivity contribution in [3.8, 4) is 6.07 Å². The molecule has 0 radical (unpaired) electrons. The Morgan fingerprint density at radius 2 is 1.67 bits per heavy atom. The molecule has 0 aromatic rings. The lowest BCUT2D eigenvalue weighted by atomic mass is 9.82. The Kier molecular flexibility index (Phi) is 5.64. The van der Waals surface area contributed by atoms with Crippen molar-refractivity contribution in [1.29, 1.82) is 5.26 Å². The van der Waals surface area contributed by atoms with E-state index in [9.17, 15) is 28.0 Å². The van der Waals surface area contributed by atoms with Crippen LogP contribution < -0.4 is 5.73 Å². The summed E-state index contributed by atoms with van der Waals surface area (Å²) in [4.78, 5) is 28.8. The first kappa shape index (κ1) is 22.9. The van der Waals surface area contributed by atoms with Crippen LogP contribution in [0.3, 0.4) is 0 Å². The zero-order chi connectivity index (χ0) is 23.5. The molecule has 2 bridgehead atoms. The van der Waals surface area contributed by atoms with Gasteiger partial charge < -0.3 is 10.5 Å². The van der Waals surface area contributed by atoms with Crippen molar-refractivity contribution in [2.24, 2.45) is 17.6 Å². The van der Waals surface area contributed by atoms with Crippen LogP contribution in [0.1, 0.15) is 70.6 Å². The number of alkyl halides is 3. The van der Waals surface area contributed by atoms with Crippen molar-refractivity contribution in [2.45, 2.75) is 113 Å². The van der Waals surface area contributed by atoms with Crippen LogP contribution in [-0.2, 0) is 14.3 Å². The lowest BCUT2D eigenvalue weighted by Gasteiger charge is -2.46. The van der Waals surface area contributed by atoms with Gasteiger partial charge in [-0.05, 0) is 50.9 Å². The van der Waals surface area contributed by atoms with Crippen molar-refractivity contribution in [2.75, 3.05) is 0 Å². The number of hydrogen-bond donors (Lipinski definition) is 1. The van der Waals surface area contributed by atoms with Crippen LogP contribution in [0.25, 0.3) is 0 Å². The average Bonchev–Trinajstić information content (AvgIpc) is 3.28. The van der Waals surface area contributed by atoms with E-state index in [4.69, 9.17) is 10.5 Å². The standard InChI is InChI=1S/C23H31F3N4O3/c24-23(25,26)21(32)33-22-11-14(22)10-18(12-27)30(22)20(31)19(28)13-8-16-6-7-17(9-13)29(16)15-4-2-1-3-5-15/h13-19H,1-11,28H2/t13?,14-,16?,17?,18+,19+,22+/m1/s1. The summed E-state index contributed by atoms with van der Waals surface area (Å²) in [6.07, 6.45) is 5.13. The Morgan fingerprint density at radius 1 is 1.03 bits per heavy atom. The second kappa shape index (κ2) is 8.12. The van der Waals surface area contributed by atoms with Gasteiger partial charge in [0.25, 0.3) is 0 Å². The third-order valence-electron chi connectivity index (χ3n) is 8.75. The van der Waals surface area contributed by atoms with Gasteiger partial charge >= 0.3 is 12.1 Å². The third-order valence-corrected chi connectivity index (χ3v) is 8.75. The molecule has 2 N–H and O–H groups in total. The molecule has 2 unspecified atom stereocenters. The SMILES string of the molecule is N#C[C@@H]1C[C@@H]2C[C@@]2(OC(=O)C(F)(F)F)N1C(=O)[C@@H](N)C1CC2CCC(C1)N2C1CCCCC1. The number of likely N-dealkylation sites (tertiary alicyclic amines) is 1. The number of rotatable bonds is 4. The van der Waals surface area contributed by atoms with Crippen molar-refractivity contribution in [3.05, 3.63) is 0 Å². The first-order valence-electron chi connectivity index (χ1n) is 12.2. The molecule has 2 aliphatic carbocycles. The first-order chi connectivity index (χ1) is 15.7. The minimum atomic E-state index is -5.16. The van der Waals surface area contributed by atoms with E-state index >= 15 is 0 Å². The molecule has 0 aromatic carbocycles. The molecular weight excluding hydrogens is 437 g/mol. The number of ether oxygens (including phenoxy) is 1. The predicted octanol–water partition coefficient (Wildman–Crippen LogP) is 2.84. The lowest BCUT2D eigenvalue weighted by molar-refractivity contribution is -0.217. The van der Waals surface area contributed by atoms with E-state index in [1.165, 1.54) is 32.1 Å². The van der Waals surface area contributed by atoms with Crippen molar-refractivity contribution in [3.63, 3.8) is 0 Å². The normalized spacial score (nSPS) is 39.6. The van der Waals surface area contributed by atoms with Gasteiger partial charge in [-0.2, -0.15) is 18.4 Å². The number of amides is 1. The Hall–Kier alpha value is -1.86. The largest absolute Gasteiger partial charge is 0.491 e. The molecule has 6 atom stereocenters. The molecule has 7 nitrogen and oxygen atoms in total. The molecule has 0 aromatic heterocycles. The molecule has 5 fully saturated rings. The maximum absolute atomic E-state index is 13.5. The summed E-state index contributed by atoms with van der Waals surface area (Å²) in [6, 6.07) is 1.51. The molecule has 3 heterocycles. The highest BCUT2D eigenvalue weighted by Gasteiger charge is 2.72. The summed E-state index contributed by atoms with van der Waals surface area (Å²) < 4.78 is 43.4. The quantitative estimate of drug-likeness (QED) is 0.637. The van der Waals surface area contributed by atoms with E-state index in [-0.39, 0.29) is 18.8 Å². The van der Waals surface area contributed by atoms with E-state index in [1.807, 2.05) is 6.07 Å². The molecule has 182 valence electrons. The Balaban J connectivity index is 1.30. The van der Waals surface area contributed by atoms with Crippen LogP contribution in [0, 0.1) is 23.2 Å². The van der Waals surface area contributed by atoms with E-state index in [1.54, 1.807) is 0 Å². The smallest absolute Gasteiger partial charge is 0.432 e. The molecule has 5 aliphatic rings. The summed E-state index contributed by atoms with van der Waals surface area (Å²) in [6.45, 7) is 0. The van der Waals surface area contributed by atoms with Gasteiger partial charge in [0.2, 0.25) is 5.91 Å². The molecule has 2 saturated carbocycles. The molecule has 3 saturated heterocycles. The number of hydrogen-bond acceptors (Lipinski definition) is 6. The molecule has 0 spiro atoms. The number of nitrogens with zero attached hydrogens (tertiary/aromatic N) is 3. The maximum Gasteiger partial charge on any atom is 0.491 e. The van der Waals surface area contributed by atoms with Gasteiger partial charge in [0, 0.05) is 30.5 Å². The van der Waals surface area contributed by atoms with Gasteiger partial charge in [-0.1, -0.05) is 19.3 Å². The summed E-state index contributed by atoms with van der Waals surface area (Å²) >= 11 is 0. The van der Waals surface area contributed by atoms with E-state index < -0.39 is 41.8 Å². The molecule has 10 heteroatoms. The van der Waals surface area contributed by atoms with Crippen LogP contribution >= 0.6 is 0 Å². The van der Waals surface area contributed by atoms with Crippen LogP contribution in [-0.4, -0.2) is 63.8 Å². The first-order valence-corrected chi connectivity index (χ1v) is 12.2. The van der Waals surface area contributed by atoms with Crippen molar-refractivity contribution in [1.82, 2.24) is 9.80 Å². The van der Waals surface area contributed by atoms with Gasteiger partial charge in [-0.3, -0.25) is 14.6 Å². The Labute approximate surface area is 191 Å². The molecule has 33 heavy (non-hydrogen) atoms. The highest BCUT2D eigenvalue weighted by atomic mass is 19.4. The number of esters is 1. The second-order valence-electron chi connectivity index (χ2n) is 10.6. The summed E-state index contributed by atoms with van der Waals surface area (Å²) in [7, 11) is 0. The number of nitrogens with two attached hydrogens (primary N) is 1. The van der Waals surface area contributed by atoms with Gasteiger partial charge in [-0.25, -0.2) is 4.79 Å². The Morgan fingerprint density at radius 3 is 2.24 bits per heavy atom. The molecule has 1 amide bonds. The Bertz CT molecular complexity index is 841. The van der Waals surface area contributed by atoms with Crippen LogP contribution in [0.15, 0.2) is 0 Å². The third kappa shape index (κ3) is 3.81. The average molecular weight is 469 g/mol. The zero-order valence-corrected chi connectivity index (χ0v) is 18.6. The number of halogens is 3. The maximum atomic E-state index is 13.5. The zero-order valence-electron chi connectivity index (χ0n) is 18.6. The lowest BCUT2D eigenvalue weighted by Crippen LogP contribution is -2.58. The van der Waals surface area contributed by atoms with Gasteiger partial charge in [0.15, 0.2) is 5.72 Å². The fourth-order valence-corrected chi connectivity index (χ4v) is 7.22. The van der Waals surface area contributed by atoms with Crippen LogP contribution in [0.2, 0.25) is 0 Å². The van der Waals surface area contributed by atoms with Gasteiger partial charge in [0.1, 0.15) is 6.04 Å². The van der Waals surface area contributed by atoms with Gasteiger partial charge in [-0.15, -0.1) is 0 Å². The molecular formula is C23H31F3N4O3. The van der Waals surface area contributed by atoms with Crippen molar-refractivity contribution < 1.29 is 27.5 Å². The molecule has 5 rings (SSSR count). The van der Waals surface area contributed by atoms with E-state index in [0.717, 1.165) is 30.6 Å². The van der Waals surface area contributed by atoms with Crippen molar-refractivity contribution >= 4 is 11.9 Å². The summed E-state index contributed by atoms with van der Waals surface area (Å²) in [5.74, 6) is -3.43. The monoisotopic (exact) mass is 468 g/mol. The van der Waals surface area contributed by atoms with Gasteiger partial charge in [0.05, 0.1) is 12.1 Å². The second-order valence-corrected chi connectivity index (χ2v) is 10.6. The van der Waals surface area contributed by atoms with Crippen LogP contribution in [0.5, 0.6) is 0 Å². The minimum absolute atomic E-state index is 0.0950. The number of nitriles is 1. The topological polar surface area (TPSA) is 99.7 Å².